The topological polar surface area (TPSA) is 32.8 Å². The van der Waals surface area contributed by atoms with Crippen molar-refractivity contribution in [2.75, 3.05) is 32.7 Å². The van der Waals surface area contributed by atoms with Crippen molar-refractivity contribution >= 4 is 13.9 Å². The van der Waals surface area contributed by atoms with Gasteiger partial charge >= 0.3 is 6.09 Å². The van der Waals surface area contributed by atoms with Gasteiger partial charge < -0.3 is 9.64 Å². The fourth-order valence-corrected chi connectivity index (χ4v) is 1.86. The first-order valence-corrected chi connectivity index (χ1v) is 6.62. The summed E-state index contributed by atoms with van der Waals surface area (Å²) in [5.41, 5.74) is -0.392. The number of rotatable bonds is 3. The van der Waals surface area contributed by atoms with Crippen LogP contribution in [0.5, 0.6) is 0 Å². The summed E-state index contributed by atoms with van der Waals surface area (Å²) < 4.78 is 5.36. The number of piperazine rings is 1. The first-order chi connectivity index (χ1) is 7.92. The van der Waals surface area contributed by atoms with Gasteiger partial charge in [-0.25, -0.2) is 4.79 Å². The second kappa shape index (κ2) is 6.29. The number of hydrogen-bond donors (Lipinski definition) is 0. The van der Waals surface area contributed by atoms with Gasteiger partial charge in [-0.3, -0.25) is 4.90 Å². The Bertz CT molecular complexity index is 245. The molecule has 0 radical (unpaired) electrons. The van der Waals surface area contributed by atoms with Crippen LogP contribution in [0.2, 0.25) is 6.32 Å². The highest BCUT2D eigenvalue weighted by atomic mass is 16.6. The third-order valence-corrected chi connectivity index (χ3v) is 2.85. The van der Waals surface area contributed by atoms with E-state index in [0.717, 1.165) is 32.7 Å². The van der Waals surface area contributed by atoms with E-state index >= 15 is 0 Å². The van der Waals surface area contributed by atoms with Gasteiger partial charge in [0.05, 0.1) is 0 Å². The lowest BCUT2D eigenvalue weighted by atomic mass is 10.0. The molecule has 4 nitrogen and oxygen atoms in total. The van der Waals surface area contributed by atoms with Gasteiger partial charge in [-0.2, -0.15) is 0 Å². The fourth-order valence-electron chi connectivity index (χ4n) is 1.86. The second-order valence-electron chi connectivity index (χ2n) is 5.66. The lowest BCUT2D eigenvalue weighted by molar-refractivity contribution is 0.0145. The van der Waals surface area contributed by atoms with Crippen molar-refractivity contribution in [2.45, 2.75) is 39.1 Å². The van der Waals surface area contributed by atoms with Crippen LogP contribution in [-0.4, -0.2) is 62.1 Å². The summed E-state index contributed by atoms with van der Waals surface area (Å²) in [6.45, 7) is 10.4. The summed E-state index contributed by atoms with van der Waals surface area (Å²) in [6, 6.07) is 0. The van der Waals surface area contributed by atoms with Crippen LogP contribution in [0.1, 0.15) is 27.2 Å². The lowest BCUT2D eigenvalue weighted by Gasteiger charge is -2.35. The molecule has 0 bridgehead atoms. The molecule has 1 rings (SSSR count). The maximum atomic E-state index is 11.8. The molecule has 0 unspecified atom stereocenters. The molecule has 17 heavy (non-hydrogen) atoms. The summed E-state index contributed by atoms with van der Waals surface area (Å²) >= 11 is 0. The molecule has 1 amide bonds. The van der Waals surface area contributed by atoms with Crippen molar-refractivity contribution < 1.29 is 9.53 Å². The molecular formula is C12H25BN2O2. The van der Waals surface area contributed by atoms with E-state index in [-0.39, 0.29) is 6.09 Å². The predicted octanol–water partition coefficient (Wildman–Crippen LogP) is 0.981. The van der Waals surface area contributed by atoms with Gasteiger partial charge in [-0.1, -0.05) is 6.32 Å². The molecule has 0 atom stereocenters. The molecule has 0 aliphatic carbocycles. The molecule has 1 aliphatic rings. The molecule has 5 heteroatoms. The Kier molecular flexibility index (Phi) is 5.31. The maximum Gasteiger partial charge on any atom is 0.410 e. The van der Waals surface area contributed by atoms with Gasteiger partial charge in [0.1, 0.15) is 13.4 Å². The van der Waals surface area contributed by atoms with Crippen molar-refractivity contribution in [3.8, 4) is 0 Å². The summed E-state index contributed by atoms with van der Waals surface area (Å²) in [5.74, 6) is 0. The van der Waals surface area contributed by atoms with Crippen molar-refractivity contribution in [1.82, 2.24) is 9.80 Å². The minimum atomic E-state index is -0.392. The Balaban J connectivity index is 2.29. The van der Waals surface area contributed by atoms with Crippen molar-refractivity contribution in [2.24, 2.45) is 0 Å². The molecule has 0 aromatic rings. The van der Waals surface area contributed by atoms with E-state index < -0.39 is 5.60 Å². The number of hydrogen-bond acceptors (Lipinski definition) is 3. The van der Waals surface area contributed by atoms with E-state index in [4.69, 9.17) is 4.74 Å². The Morgan fingerprint density at radius 2 is 1.82 bits per heavy atom. The largest absolute Gasteiger partial charge is 0.444 e. The Labute approximate surface area is 106 Å². The van der Waals surface area contributed by atoms with E-state index in [1.54, 1.807) is 0 Å². The van der Waals surface area contributed by atoms with E-state index in [9.17, 15) is 4.79 Å². The molecule has 0 aromatic heterocycles. The zero-order valence-electron chi connectivity index (χ0n) is 11.7. The van der Waals surface area contributed by atoms with Crippen LogP contribution >= 0.6 is 0 Å². The third kappa shape index (κ3) is 5.44. The quantitative estimate of drug-likeness (QED) is 0.689. The van der Waals surface area contributed by atoms with Crippen LogP contribution in [-0.2, 0) is 4.74 Å². The zero-order chi connectivity index (χ0) is 12.9. The van der Waals surface area contributed by atoms with Crippen LogP contribution in [0.25, 0.3) is 0 Å². The average Bonchev–Trinajstić information content (AvgIpc) is 2.24. The van der Waals surface area contributed by atoms with Gasteiger partial charge in [0.2, 0.25) is 0 Å². The molecule has 1 aliphatic heterocycles. The van der Waals surface area contributed by atoms with Crippen molar-refractivity contribution in [1.29, 1.82) is 0 Å². The standard InChI is InChI=1S/C12H25BN2O2/c1-12(2,3)17-11(16)15-9-7-14(8-10-15)6-4-5-13/h4-10,13H2,1-3H3. The zero-order valence-corrected chi connectivity index (χ0v) is 11.7. The van der Waals surface area contributed by atoms with Crippen LogP contribution in [0.4, 0.5) is 4.79 Å². The van der Waals surface area contributed by atoms with Crippen LogP contribution in [0.3, 0.4) is 0 Å². The van der Waals surface area contributed by atoms with E-state index in [1.165, 1.54) is 12.7 Å². The lowest BCUT2D eigenvalue weighted by Crippen LogP contribution is -2.50. The molecule has 1 saturated heterocycles. The third-order valence-electron chi connectivity index (χ3n) is 2.85. The second-order valence-corrected chi connectivity index (χ2v) is 5.66. The van der Waals surface area contributed by atoms with E-state index in [1.807, 2.05) is 25.7 Å². The van der Waals surface area contributed by atoms with E-state index in [0.29, 0.717) is 0 Å². The molecular weight excluding hydrogens is 215 g/mol. The van der Waals surface area contributed by atoms with Gasteiger partial charge in [0.15, 0.2) is 0 Å². The minimum absolute atomic E-state index is 0.173. The monoisotopic (exact) mass is 240 g/mol. The van der Waals surface area contributed by atoms with Crippen molar-refractivity contribution in [3.63, 3.8) is 0 Å². The van der Waals surface area contributed by atoms with Crippen LogP contribution in [0, 0.1) is 0 Å². The molecule has 0 N–H and O–H groups in total. The van der Waals surface area contributed by atoms with Gasteiger partial charge in [0.25, 0.3) is 0 Å². The average molecular weight is 240 g/mol. The Morgan fingerprint density at radius 3 is 2.29 bits per heavy atom. The minimum Gasteiger partial charge on any atom is -0.444 e. The molecule has 0 saturated carbocycles. The van der Waals surface area contributed by atoms with Crippen molar-refractivity contribution in [3.05, 3.63) is 0 Å². The normalized spacial score (nSPS) is 18.2. The van der Waals surface area contributed by atoms with Crippen LogP contribution in [0.15, 0.2) is 0 Å². The summed E-state index contributed by atoms with van der Waals surface area (Å²) in [6.07, 6.45) is 2.30. The number of carbonyl (C=O) groups is 1. The maximum absolute atomic E-state index is 11.8. The van der Waals surface area contributed by atoms with Crippen LogP contribution < -0.4 is 0 Å². The Morgan fingerprint density at radius 1 is 1.24 bits per heavy atom. The Hall–Kier alpha value is -0.705. The van der Waals surface area contributed by atoms with Gasteiger partial charge in [-0.15, -0.1) is 0 Å². The van der Waals surface area contributed by atoms with Gasteiger partial charge in [0, 0.05) is 26.2 Å². The van der Waals surface area contributed by atoms with E-state index in [2.05, 4.69) is 12.7 Å². The molecule has 98 valence electrons. The highest BCUT2D eigenvalue weighted by Gasteiger charge is 2.25. The fraction of sp³-hybridized carbons (Fsp3) is 0.917. The highest BCUT2D eigenvalue weighted by molar-refractivity contribution is 6.08. The molecule has 1 heterocycles. The first-order valence-electron chi connectivity index (χ1n) is 6.62. The summed E-state index contributed by atoms with van der Waals surface area (Å²) in [5, 5.41) is 0. The highest BCUT2D eigenvalue weighted by Crippen LogP contribution is 2.11. The number of carbonyl (C=O) groups excluding carboxylic acids is 1. The van der Waals surface area contributed by atoms with Gasteiger partial charge in [-0.05, 0) is 33.7 Å². The molecule has 0 spiro atoms. The molecule has 0 aromatic carbocycles. The SMILES string of the molecule is BCCCN1CCN(C(=O)OC(C)(C)C)CC1. The molecule has 1 fully saturated rings. The number of amides is 1. The first kappa shape index (κ1) is 14.4. The summed E-state index contributed by atoms with van der Waals surface area (Å²) in [7, 11) is 2.21. The smallest absolute Gasteiger partial charge is 0.410 e. The summed E-state index contributed by atoms with van der Waals surface area (Å²) in [4.78, 5) is 16.1. The predicted molar refractivity (Wildman–Crippen MR) is 72.2 cm³/mol. The number of ether oxygens (including phenoxy) is 1. The number of nitrogens with zero attached hydrogens (tertiary/aromatic N) is 2.